The van der Waals surface area contributed by atoms with E-state index in [-0.39, 0.29) is 14.5 Å². The highest BCUT2D eigenvalue weighted by Gasteiger charge is 2.36. The predicted octanol–water partition coefficient (Wildman–Crippen LogP) is 3.16. The minimum atomic E-state index is -4.52. The summed E-state index contributed by atoms with van der Waals surface area (Å²) >= 11 is 1.45. The fraction of sp³-hybridized carbons (Fsp3) is 0.182. The molecule has 90 valence electrons. The SMILES string of the molecule is Cn1c(=O)c(I)c(C(F)(F)F)c2ccccc21. The molecule has 0 saturated carbocycles. The summed E-state index contributed by atoms with van der Waals surface area (Å²) in [7, 11) is 1.47. The van der Waals surface area contributed by atoms with Crippen LogP contribution in [0.3, 0.4) is 0 Å². The molecule has 6 heteroatoms. The van der Waals surface area contributed by atoms with Crippen LogP contribution < -0.4 is 5.56 Å². The number of fused-ring (bicyclic) bond motifs is 1. The molecule has 0 aliphatic carbocycles. The lowest BCUT2D eigenvalue weighted by molar-refractivity contribution is -0.137. The summed E-state index contributed by atoms with van der Waals surface area (Å²) in [5.74, 6) is 0. The van der Waals surface area contributed by atoms with Crippen molar-refractivity contribution in [3.05, 3.63) is 43.8 Å². The van der Waals surface area contributed by atoms with Gasteiger partial charge in [-0.05, 0) is 28.7 Å². The molecule has 0 radical (unpaired) electrons. The van der Waals surface area contributed by atoms with Crippen molar-refractivity contribution in [3.63, 3.8) is 0 Å². The average molecular weight is 353 g/mol. The third-order valence-electron chi connectivity index (χ3n) is 2.53. The number of benzene rings is 1. The van der Waals surface area contributed by atoms with E-state index in [0.717, 1.165) is 0 Å². The number of hydrogen-bond donors (Lipinski definition) is 0. The van der Waals surface area contributed by atoms with Gasteiger partial charge < -0.3 is 4.57 Å². The van der Waals surface area contributed by atoms with Gasteiger partial charge in [0, 0.05) is 12.4 Å². The number of nitrogens with zero attached hydrogens (tertiary/aromatic N) is 1. The van der Waals surface area contributed by atoms with Crippen molar-refractivity contribution in [2.45, 2.75) is 6.18 Å². The zero-order chi connectivity index (χ0) is 12.8. The number of hydrogen-bond acceptors (Lipinski definition) is 1. The average Bonchev–Trinajstić information content (AvgIpc) is 2.24. The number of pyridine rings is 1. The van der Waals surface area contributed by atoms with E-state index < -0.39 is 17.3 Å². The lowest BCUT2D eigenvalue weighted by Gasteiger charge is -2.14. The first-order valence-corrected chi connectivity index (χ1v) is 5.76. The molecule has 2 rings (SSSR count). The van der Waals surface area contributed by atoms with Crippen LogP contribution in [0.5, 0.6) is 0 Å². The Kier molecular flexibility index (Phi) is 2.92. The highest BCUT2D eigenvalue weighted by Crippen LogP contribution is 2.36. The Morgan fingerprint density at radius 2 is 1.82 bits per heavy atom. The zero-order valence-electron chi connectivity index (χ0n) is 8.68. The first-order chi connectivity index (χ1) is 7.84. The van der Waals surface area contributed by atoms with Gasteiger partial charge in [-0.3, -0.25) is 4.79 Å². The van der Waals surface area contributed by atoms with E-state index in [2.05, 4.69) is 0 Å². The minimum absolute atomic E-state index is 0.0477. The van der Waals surface area contributed by atoms with Crippen LogP contribution in [0.1, 0.15) is 5.56 Å². The Hall–Kier alpha value is -1.05. The highest BCUT2D eigenvalue weighted by atomic mass is 127. The first kappa shape index (κ1) is 12.4. The van der Waals surface area contributed by atoms with Gasteiger partial charge in [-0.2, -0.15) is 13.2 Å². The topological polar surface area (TPSA) is 22.0 Å². The molecule has 0 aliphatic heterocycles. The molecule has 2 aromatic rings. The van der Waals surface area contributed by atoms with Gasteiger partial charge in [0.15, 0.2) is 0 Å². The lowest BCUT2D eigenvalue weighted by Crippen LogP contribution is -2.25. The summed E-state index contributed by atoms with van der Waals surface area (Å²) in [6, 6.07) is 6.01. The van der Waals surface area contributed by atoms with Crippen molar-refractivity contribution in [1.82, 2.24) is 4.57 Å². The van der Waals surface area contributed by atoms with E-state index in [0.29, 0.717) is 0 Å². The number of aromatic nitrogens is 1. The van der Waals surface area contributed by atoms with Gasteiger partial charge in [0.2, 0.25) is 0 Å². The molecule has 0 N–H and O–H groups in total. The Balaban J connectivity index is 3.07. The highest BCUT2D eigenvalue weighted by molar-refractivity contribution is 14.1. The first-order valence-electron chi connectivity index (χ1n) is 4.68. The van der Waals surface area contributed by atoms with Gasteiger partial charge in [-0.15, -0.1) is 0 Å². The molecular formula is C11H7F3INO. The molecule has 0 amide bonds. The third kappa shape index (κ3) is 1.94. The van der Waals surface area contributed by atoms with E-state index in [1.165, 1.54) is 52.4 Å². The molecule has 0 bridgehead atoms. The molecule has 1 aromatic heterocycles. The van der Waals surface area contributed by atoms with Crippen LogP contribution in [-0.2, 0) is 13.2 Å². The smallest absolute Gasteiger partial charge is 0.310 e. The van der Waals surface area contributed by atoms with Crippen LogP contribution >= 0.6 is 22.6 Å². The van der Waals surface area contributed by atoms with E-state index in [1.54, 1.807) is 6.07 Å². The van der Waals surface area contributed by atoms with E-state index in [1.807, 2.05) is 0 Å². The van der Waals surface area contributed by atoms with Crippen molar-refractivity contribution < 1.29 is 13.2 Å². The van der Waals surface area contributed by atoms with E-state index in [4.69, 9.17) is 0 Å². The Bertz CT molecular complexity index is 645. The summed E-state index contributed by atoms with van der Waals surface area (Å²) < 4.78 is 39.7. The molecule has 1 aromatic carbocycles. The van der Waals surface area contributed by atoms with Gasteiger partial charge in [0.05, 0.1) is 14.7 Å². The second-order valence-corrected chi connectivity index (χ2v) is 4.65. The summed E-state index contributed by atoms with van der Waals surface area (Å²) in [6.45, 7) is 0. The van der Waals surface area contributed by atoms with Gasteiger partial charge in [0.1, 0.15) is 0 Å². The molecule has 0 aliphatic rings. The van der Waals surface area contributed by atoms with Crippen LogP contribution in [0.15, 0.2) is 29.1 Å². The molecule has 0 saturated heterocycles. The van der Waals surface area contributed by atoms with Crippen LogP contribution in [0.4, 0.5) is 13.2 Å². The third-order valence-corrected chi connectivity index (χ3v) is 3.53. The molecule has 2 nitrogen and oxygen atoms in total. The summed E-state index contributed by atoms with van der Waals surface area (Å²) in [4.78, 5) is 11.7. The fourth-order valence-electron chi connectivity index (χ4n) is 1.74. The fourth-order valence-corrected chi connectivity index (χ4v) is 2.69. The lowest BCUT2D eigenvalue weighted by atomic mass is 10.1. The number of aryl methyl sites for hydroxylation is 1. The summed E-state index contributed by atoms with van der Waals surface area (Å²) in [5.41, 5.74) is -1.20. The largest absolute Gasteiger partial charge is 0.418 e. The van der Waals surface area contributed by atoms with E-state index in [9.17, 15) is 18.0 Å². The monoisotopic (exact) mass is 353 g/mol. The number of halogens is 4. The standard InChI is InChI=1S/C11H7F3INO/c1-16-7-5-3-2-4-6(7)8(11(12,13)14)9(15)10(16)17/h2-5H,1H3. The molecular weight excluding hydrogens is 346 g/mol. The quantitative estimate of drug-likeness (QED) is 0.667. The number of rotatable bonds is 0. The molecule has 0 atom stereocenters. The van der Waals surface area contributed by atoms with Crippen molar-refractivity contribution >= 4 is 33.5 Å². The Labute approximate surface area is 108 Å². The van der Waals surface area contributed by atoms with Gasteiger partial charge in [0.25, 0.3) is 5.56 Å². The molecule has 0 fully saturated rings. The Morgan fingerprint density at radius 3 is 2.41 bits per heavy atom. The second kappa shape index (κ2) is 4.01. The maximum atomic E-state index is 12.9. The van der Waals surface area contributed by atoms with Gasteiger partial charge in [-0.1, -0.05) is 18.2 Å². The molecule has 0 unspecified atom stereocenters. The number of para-hydroxylation sites is 1. The van der Waals surface area contributed by atoms with Crippen molar-refractivity contribution in [2.24, 2.45) is 7.05 Å². The molecule has 0 spiro atoms. The molecule has 1 heterocycles. The summed E-state index contributed by atoms with van der Waals surface area (Å²) in [5, 5.41) is 0.0477. The van der Waals surface area contributed by atoms with Crippen molar-refractivity contribution in [2.75, 3.05) is 0 Å². The van der Waals surface area contributed by atoms with Crippen molar-refractivity contribution in [3.8, 4) is 0 Å². The van der Waals surface area contributed by atoms with Crippen LogP contribution in [0.2, 0.25) is 0 Å². The maximum absolute atomic E-state index is 12.9. The van der Waals surface area contributed by atoms with Crippen LogP contribution in [0.25, 0.3) is 10.9 Å². The van der Waals surface area contributed by atoms with Gasteiger partial charge >= 0.3 is 6.18 Å². The Morgan fingerprint density at radius 1 is 1.24 bits per heavy atom. The second-order valence-electron chi connectivity index (χ2n) is 3.57. The predicted molar refractivity (Wildman–Crippen MR) is 66.9 cm³/mol. The van der Waals surface area contributed by atoms with Gasteiger partial charge in [-0.25, -0.2) is 0 Å². The number of alkyl halides is 3. The van der Waals surface area contributed by atoms with Crippen LogP contribution in [0, 0.1) is 3.57 Å². The maximum Gasteiger partial charge on any atom is 0.418 e. The van der Waals surface area contributed by atoms with Crippen molar-refractivity contribution in [1.29, 1.82) is 0 Å². The summed E-state index contributed by atoms with van der Waals surface area (Å²) in [6.07, 6.45) is -4.52. The van der Waals surface area contributed by atoms with Crippen LogP contribution in [-0.4, -0.2) is 4.57 Å². The normalized spacial score (nSPS) is 12.1. The molecule has 17 heavy (non-hydrogen) atoms. The van der Waals surface area contributed by atoms with E-state index >= 15 is 0 Å². The zero-order valence-corrected chi connectivity index (χ0v) is 10.8. The minimum Gasteiger partial charge on any atom is -0.310 e.